The van der Waals surface area contributed by atoms with Crippen LogP contribution in [-0.4, -0.2) is 10.9 Å². The summed E-state index contributed by atoms with van der Waals surface area (Å²) in [5.41, 5.74) is 2.24. The van der Waals surface area contributed by atoms with E-state index in [-0.39, 0.29) is 17.5 Å². The first-order chi connectivity index (χ1) is 10.1. The Bertz CT molecular complexity index is 752. The number of pyridine rings is 1. The van der Waals surface area contributed by atoms with Crippen LogP contribution >= 0.6 is 0 Å². The Kier molecular flexibility index (Phi) is 3.56. The third-order valence-electron chi connectivity index (χ3n) is 3.70. The maximum absolute atomic E-state index is 13.5. The Morgan fingerprint density at radius 3 is 2.90 bits per heavy atom. The second-order valence-electron chi connectivity index (χ2n) is 5.16. The summed E-state index contributed by atoms with van der Waals surface area (Å²) in [6.07, 6.45) is 4.13. The lowest BCUT2D eigenvalue weighted by atomic mass is 10.1. The number of aromatic amines is 1. The lowest BCUT2D eigenvalue weighted by molar-refractivity contribution is -0.115. The number of amides is 1. The molecule has 0 saturated heterocycles. The largest absolute Gasteiger partial charge is 0.364 e. The van der Waals surface area contributed by atoms with Gasteiger partial charge < -0.3 is 10.3 Å². The number of H-pyrrole nitrogens is 1. The fourth-order valence-corrected chi connectivity index (χ4v) is 2.65. The van der Waals surface area contributed by atoms with Gasteiger partial charge >= 0.3 is 0 Å². The molecule has 0 saturated carbocycles. The number of benzene rings is 1. The van der Waals surface area contributed by atoms with Crippen LogP contribution in [0.25, 0.3) is 0 Å². The molecular formula is C16H15FN2O2. The van der Waals surface area contributed by atoms with Crippen molar-refractivity contribution >= 4 is 11.6 Å². The number of para-hydroxylation sites is 1. The van der Waals surface area contributed by atoms with Crippen LogP contribution in [0, 0.1) is 5.82 Å². The van der Waals surface area contributed by atoms with E-state index in [1.807, 2.05) is 0 Å². The van der Waals surface area contributed by atoms with Crippen molar-refractivity contribution in [2.45, 2.75) is 25.7 Å². The van der Waals surface area contributed by atoms with E-state index in [1.54, 1.807) is 18.3 Å². The van der Waals surface area contributed by atoms with Crippen LogP contribution in [0.1, 0.15) is 23.2 Å². The first kappa shape index (κ1) is 13.5. The normalized spacial score (nSPS) is 13.0. The van der Waals surface area contributed by atoms with E-state index in [9.17, 15) is 14.0 Å². The molecule has 0 fully saturated rings. The van der Waals surface area contributed by atoms with E-state index in [0.29, 0.717) is 5.56 Å². The van der Waals surface area contributed by atoms with Crippen LogP contribution in [-0.2, 0) is 24.1 Å². The van der Waals surface area contributed by atoms with Crippen LogP contribution in [0.5, 0.6) is 0 Å². The Morgan fingerprint density at radius 2 is 2.10 bits per heavy atom. The van der Waals surface area contributed by atoms with Gasteiger partial charge in [-0.3, -0.25) is 9.59 Å². The van der Waals surface area contributed by atoms with Crippen LogP contribution in [0.3, 0.4) is 0 Å². The fourth-order valence-electron chi connectivity index (χ4n) is 2.65. The highest BCUT2D eigenvalue weighted by Crippen LogP contribution is 2.17. The van der Waals surface area contributed by atoms with Crippen LogP contribution in [0.4, 0.5) is 10.1 Å². The smallest absolute Gasteiger partial charge is 0.229 e. The van der Waals surface area contributed by atoms with Crippen molar-refractivity contribution in [1.82, 2.24) is 4.98 Å². The summed E-state index contributed by atoms with van der Waals surface area (Å²) < 4.78 is 13.5. The number of carbonyl (C=O) groups is 1. The zero-order valence-corrected chi connectivity index (χ0v) is 11.4. The topological polar surface area (TPSA) is 62.0 Å². The number of rotatable bonds is 3. The molecular weight excluding hydrogens is 271 g/mol. The zero-order chi connectivity index (χ0) is 14.8. The predicted molar refractivity (Wildman–Crippen MR) is 77.8 cm³/mol. The quantitative estimate of drug-likeness (QED) is 0.908. The summed E-state index contributed by atoms with van der Waals surface area (Å²) in [6, 6.07) is 5.95. The van der Waals surface area contributed by atoms with Gasteiger partial charge in [0.2, 0.25) is 5.91 Å². The number of hydrogen-bond donors (Lipinski definition) is 2. The van der Waals surface area contributed by atoms with E-state index < -0.39 is 11.7 Å². The van der Waals surface area contributed by atoms with Crippen molar-refractivity contribution in [3.63, 3.8) is 0 Å². The monoisotopic (exact) mass is 286 g/mol. The highest BCUT2D eigenvalue weighted by Gasteiger charge is 2.18. The number of halogens is 1. The van der Waals surface area contributed by atoms with Gasteiger partial charge in [0.05, 0.1) is 12.1 Å². The zero-order valence-electron chi connectivity index (χ0n) is 11.4. The van der Waals surface area contributed by atoms with Crippen molar-refractivity contribution in [2.75, 3.05) is 5.32 Å². The minimum Gasteiger partial charge on any atom is -0.364 e. The maximum atomic E-state index is 13.5. The van der Waals surface area contributed by atoms with Gasteiger partial charge in [-0.05, 0) is 31.4 Å². The summed E-state index contributed by atoms with van der Waals surface area (Å²) in [7, 11) is 0. The number of hydrogen-bond acceptors (Lipinski definition) is 2. The van der Waals surface area contributed by atoms with Gasteiger partial charge in [-0.2, -0.15) is 0 Å². The molecule has 3 rings (SSSR count). The molecule has 21 heavy (non-hydrogen) atoms. The van der Waals surface area contributed by atoms with E-state index in [4.69, 9.17) is 0 Å². The highest BCUT2D eigenvalue weighted by molar-refractivity contribution is 5.92. The van der Waals surface area contributed by atoms with Gasteiger partial charge in [0.25, 0.3) is 0 Å². The minimum absolute atomic E-state index is 0.0586. The molecule has 1 aromatic heterocycles. The molecule has 1 aromatic carbocycles. The summed E-state index contributed by atoms with van der Waals surface area (Å²) >= 11 is 0. The van der Waals surface area contributed by atoms with Crippen molar-refractivity contribution in [2.24, 2.45) is 0 Å². The first-order valence-electron chi connectivity index (χ1n) is 6.92. The summed E-state index contributed by atoms with van der Waals surface area (Å²) in [5.74, 6) is -0.891. The first-order valence-corrected chi connectivity index (χ1v) is 6.92. The third kappa shape index (κ3) is 2.72. The van der Waals surface area contributed by atoms with E-state index in [0.717, 1.165) is 30.5 Å². The number of aryl methyl sites for hydroxylation is 1. The number of carbonyl (C=O) groups excluding carboxylic acids is 1. The van der Waals surface area contributed by atoms with Crippen molar-refractivity contribution in [3.8, 4) is 0 Å². The minimum atomic E-state index is -0.492. The molecule has 0 bridgehead atoms. The van der Waals surface area contributed by atoms with E-state index in [1.165, 1.54) is 12.1 Å². The molecule has 1 aliphatic carbocycles. The van der Waals surface area contributed by atoms with Gasteiger partial charge in [0, 0.05) is 23.0 Å². The average Bonchev–Trinajstić information content (AvgIpc) is 2.94. The third-order valence-corrected chi connectivity index (χ3v) is 3.70. The molecule has 2 N–H and O–H groups in total. The lowest BCUT2D eigenvalue weighted by Crippen LogP contribution is -2.22. The summed E-state index contributed by atoms with van der Waals surface area (Å²) in [6.45, 7) is 0. The molecule has 1 amide bonds. The highest BCUT2D eigenvalue weighted by atomic mass is 19.1. The maximum Gasteiger partial charge on any atom is 0.229 e. The predicted octanol–water partition coefficient (Wildman–Crippen LogP) is 2.18. The van der Waals surface area contributed by atoms with Crippen molar-refractivity contribution in [1.29, 1.82) is 0 Å². The molecule has 0 spiro atoms. The Labute approximate surface area is 121 Å². The van der Waals surface area contributed by atoms with Gasteiger partial charge in [-0.15, -0.1) is 0 Å². The van der Waals surface area contributed by atoms with Gasteiger partial charge in [0.1, 0.15) is 5.82 Å². The number of aromatic nitrogens is 1. The average molecular weight is 286 g/mol. The second kappa shape index (κ2) is 5.52. The Balaban J connectivity index is 1.77. The van der Waals surface area contributed by atoms with Crippen LogP contribution in [0.2, 0.25) is 0 Å². The fraction of sp³-hybridized carbons (Fsp3) is 0.250. The van der Waals surface area contributed by atoms with Gasteiger partial charge in [0.15, 0.2) is 5.43 Å². The van der Waals surface area contributed by atoms with E-state index in [2.05, 4.69) is 10.3 Å². The molecule has 0 aliphatic heterocycles. The lowest BCUT2D eigenvalue weighted by Gasteiger charge is -2.07. The van der Waals surface area contributed by atoms with Gasteiger partial charge in [-0.1, -0.05) is 12.1 Å². The standard InChI is InChI=1S/C16H15FN2O2/c17-12-5-1-2-6-14(12)19-15(20)8-10-9-18-13-7-3-4-11(13)16(10)21/h1-2,5-6,9H,3-4,7-8H2,(H,18,21)(H,19,20). The Morgan fingerprint density at radius 1 is 1.29 bits per heavy atom. The SMILES string of the molecule is O=C(Cc1c[nH]c2c(c1=O)CCC2)Nc1ccccc1F. The number of nitrogens with one attached hydrogen (secondary N) is 2. The van der Waals surface area contributed by atoms with E-state index >= 15 is 0 Å². The molecule has 0 radical (unpaired) electrons. The Hall–Kier alpha value is -2.43. The van der Waals surface area contributed by atoms with Gasteiger partial charge in [-0.25, -0.2) is 4.39 Å². The molecule has 5 heteroatoms. The molecule has 108 valence electrons. The number of anilines is 1. The second-order valence-corrected chi connectivity index (χ2v) is 5.16. The molecule has 0 unspecified atom stereocenters. The van der Waals surface area contributed by atoms with Crippen LogP contribution in [0.15, 0.2) is 35.3 Å². The molecule has 1 aliphatic rings. The molecule has 1 heterocycles. The summed E-state index contributed by atoms with van der Waals surface area (Å²) in [4.78, 5) is 27.3. The van der Waals surface area contributed by atoms with Crippen molar-refractivity contribution < 1.29 is 9.18 Å². The number of fused-ring (bicyclic) bond motifs is 1. The molecule has 4 nitrogen and oxygen atoms in total. The van der Waals surface area contributed by atoms with Crippen LogP contribution < -0.4 is 10.7 Å². The van der Waals surface area contributed by atoms with Crippen molar-refractivity contribution in [3.05, 3.63) is 63.3 Å². The molecule has 2 aromatic rings. The molecule has 0 atom stereocenters. The summed E-state index contributed by atoms with van der Waals surface area (Å²) in [5, 5.41) is 2.49.